The number of ether oxygens (including phenoxy) is 1. The van der Waals surface area contributed by atoms with Gasteiger partial charge in [-0.25, -0.2) is 0 Å². The van der Waals surface area contributed by atoms with Crippen LogP contribution in [-0.4, -0.2) is 52.8 Å². The maximum Gasteiger partial charge on any atom is 0.0732 e. The third-order valence-electron chi connectivity index (χ3n) is 9.34. The number of likely N-dealkylation sites (tertiary alicyclic amines) is 1. The average molecular weight is 499 g/mol. The molecule has 0 atom stereocenters. The summed E-state index contributed by atoms with van der Waals surface area (Å²) in [6.07, 6.45) is 22.3. The van der Waals surface area contributed by atoms with E-state index in [-0.39, 0.29) is 5.60 Å². The van der Waals surface area contributed by atoms with Crippen LogP contribution in [0.4, 0.5) is 0 Å². The Balaban J connectivity index is 1.22. The van der Waals surface area contributed by atoms with Gasteiger partial charge in [-0.3, -0.25) is 0 Å². The van der Waals surface area contributed by atoms with E-state index in [1.54, 1.807) is 0 Å². The second-order valence-electron chi connectivity index (χ2n) is 11.3. The number of piperidine rings is 1. The molecule has 1 saturated heterocycles. The minimum atomic E-state index is -0.371. The van der Waals surface area contributed by atoms with E-state index < -0.39 is 0 Å². The van der Waals surface area contributed by atoms with Crippen LogP contribution >= 0.6 is 15.9 Å². The molecule has 3 aliphatic carbocycles. The van der Waals surface area contributed by atoms with Crippen molar-refractivity contribution in [3.8, 4) is 0 Å². The third kappa shape index (κ3) is 6.49. The van der Waals surface area contributed by atoms with Gasteiger partial charge in [0.25, 0.3) is 0 Å². The number of alkyl halides is 1. The zero-order valence-electron chi connectivity index (χ0n) is 19.9. The van der Waals surface area contributed by atoms with Crippen molar-refractivity contribution >= 4 is 15.9 Å². The molecule has 0 aromatic rings. The molecule has 0 aromatic heterocycles. The largest absolute Gasteiger partial charge is 0.389 e. The van der Waals surface area contributed by atoms with Gasteiger partial charge < -0.3 is 14.7 Å². The molecule has 1 aliphatic heterocycles. The molecule has 31 heavy (non-hydrogen) atoms. The number of hydrogen-bond acceptors (Lipinski definition) is 3. The van der Waals surface area contributed by atoms with Crippen LogP contribution in [0.25, 0.3) is 0 Å². The first-order valence-electron chi connectivity index (χ1n) is 13.9. The van der Waals surface area contributed by atoms with Crippen LogP contribution in [0.1, 0.15) is 109 Å². The van der Waals surface area contributed by atoms with Crippen LogP contribution in [-0.2, 0) is 4.74 Å². The van der Waals surface area contributed by atoms with E-state index in [2.05, 4.69) is 20.8 Å². The van der Waals surface area contributed by atoms with E-state index in [9.17, 15) is 5.11 Å². The Morgan fingerprint density at radius 1 is 0.710 bits per heavy atom. The monoisotopic (exact) mass is 497 g/mol. The number of halogens is 1. The topological polar surface area (TPSA) is 32.7 Å². The quantitative estimate of drug-likeness (QED) is 0.299. The molecule has 4 heteroatoms. The zero-order valence-corrected chi connectivity index (χ0v) is 21.5. The van der Waals surface area contributed by atoms with Crippen LogP contribution in [0, 0.1) is 17.8 Å². The number of nitrogens with zero attached hydrogens (tertiary/aromatic N) is 1. The highest BCUT2D eigenvalue weighted by atomic mass is 79.9. The van der Waals surface area contributed by atoms with Crippen LogP contribution in [0.15, 0.2) is 0 Å². The molecule has 0 spiro atoms. The van der Waals surface area contributed by atoms with Crippen molar-refractivity contribution in [2.45, 2.75) is 126 Å². The van der Waals surface area contributed by atoms with Gasteiger partial charge in [0, 0.05) is 18.0 Å². The molecule has 0 radical (unpaired) electrons. The molecule has 4 aliphatic rings. The van der Waals surface area contributed by atoms with Crippen molar-refractivity contribution in [3.05, 3.63) is 0 Å². The molecule has 0 amide bonds. The lowest BCUT2D eigenvalue weighted by molar-refractivity contribution is -0.146. The van der Waals surface area contributed by atoms with E-state index in [4.69, 9.17) is 4.74 Å². The first kappa shape index (κ1) is 24.5. The molecule has 1 N–H and O–H groups in total. The fraction of sp³-hybridized carbons (Fsp3) is 1.00. The molecule has 4 rings (SSSR count). The van der Waals surface area contributed by atoms with Crippen molar-refractivity contribution in [1.82, 2.24) is 4.90 Å². The van der Waals surface area contributed by atoms with Gasteiger partial charge in [-0.15, -0.1) is 0 Å². The lowest BCUT2D eigenvalue weighted by Gasteiger charge is -2.52. The first-order chi connectivity index (χ1) is 15.2. The summed E-state index contributed by atoms with van der Waals surface area (Å²) in [5, 5.41) is 12.3. The summed E-state index contributed by atoms with van der Waals surface area (Å²) in [5.41, 5.74) is -0.371. The highest BCUT2D eigenvalue weighted by molar-refractivity contribution is 9.09. The van der Waals surface area contributed by atoms with Crippen LogP contribution in [0.5, 0.6) is 0 Å². The number of hydrogen-bond donors (Lipinski definition) is 1. The molecule has 4 fully saturated rings. The third-order valence-corrected chi connectivity index (χ3v) is 10.3. The Bertz CT molecular complexity index is 483. The first-order valence-corrected chi connectivity index (χ1v) is 14.8. The predicted octanol–water partition coefficient (Wildman–Crippen LogP) is 6.70. The summed E-state index contributed by atoms with van der Waals surface area (Å²) in [4.78, 5) is 3.37. The fourth-order valence-electron chi connectivity index (χ4n) is 7.48. The van der Waals surface area contributed by atoms with E-state index >= 15 is 0 Å². The summed E-state index contributed by atoms with van der Waals surface area (Å²) in [6.45, 7) is 4.46. The SMILES string of the molecule is OC(C1CCCCC1)(C1CCCCC1)C1CCN(CCCOC2CCC(Br)CC2)CC1. The average Bonchev–Trinajstić information content (AvgIpc) is 2.84. The maximum atomic E-state index is 12.3. The van der Waals surface area contributed by atoms with Crippen molar-refractivity contribution in [2.24, 2.45) is 17.8 Å². The lowest BCUT2D eigenvalue weighted by Crippen LogP contribution is -2.55. The smallest absolute Gasteiger partial charge is 0.0732 e. The maximum absolute atomic E-state index is 12.3. The Morgan fingerprint density at radius 3 is 1.77 bits per heavy atom. The van der Waals surface area contributed by atoms with Crippen molar-refractivity contribution in [3.63, 3.8) is 0 Å². The molecule has 0 aromatic carbocycles. The van der Waals surface area contributed by atoms with Crippen LogP contribution in [0.2, 0.25) is 0 Å². The van der Waals surface area contributed by atoms with Gasteiger partial charge in [-0.05, 0) is 101 Å². The highest BCUT2D eigenvalue weighted by Crippen LogP contribution is 2.49. The summed E-state index contributed by atoms with van der Waals surface area (Å²) in [5.74, 6) is 1.68. The standard InChI is InChI=1S/C27H48BrNO2/c28-25-12-14-26(15-13-25)31-21-7-18-29-19-16-24(17-20-29)27(30,22-8-3-1-4-9-22)23-10-5-2-6-11-23/h22-26,30H,1-21H2. The van der Waals surface area contributed by atoms with Gasteiger partial charge in [-0.2, -0.15) is 0 Å². The van der Waals surface area contributed by atoms with Crippen molar-refractivity contribution in [1.29, 1.82) is 0 Å². The van der Waals surface area contributed by atoms with E-state index in [1.165, 1.54) is 122 Å². The molecular formula is C27H48BrNO2. The van der Waals surface area contributed by atoms with Gasteiger partial charge >= 0.3 is 0 Å². The van der Waals surface area contributed by atoms with Crippen molar-refractivity contribution in [2.75, 3.05) is 26.2 Å². The van der Waals surface area contributed by atoms with Gasteiger partial charge in [0.1, 0.15) is 0 Å². The highest BCUT2D eigenvalue weighted by Gasteiger charge is 2.49. The molecular weight excluding hydrogens is 450 g/mol. The van der Waals surface area contributed by atoms with Gasteiger partial charge in [0.05, 0.1) is 11.7 Å². The normalized spacial score (nSPS) is 31.2. The molecule has 180 valence electrons. The Labute approximate surface area is 200 Å². The fourth-order valence-corrected chi connectivity index (χ4v) is 8.00. The molecule has 0 bridgehead atoms. The Kier molecular flexibility index (Phi) is 9.62. The van der Waals surface area contributed by atoms with E-state index in [0.29, 0.717) is 23.9 Å². The summed E-state index contributed by atoms with van der Waals surface area (Å²) < 4.78 is 6.17. The van der Waals surface area contributed by atoms with E-state index in [1.807, 2.05) is 0 Å². The summed E-state index contributed by atoms with van der Waals surface area (Å²) >= 11 is 3.74. The van der Waals surface area contributed by atoms with Gasteiger partial charge in [-0.1, -0.05) is 54.5 Å². The zero-order chi connectivity index (χ0) is 21.5. The second kappa shape index (κ2) is 12.2. The Morgan fingerprint density at radius 2 is 1.23 bits per heavy atom. The van der Waals surface area contributed by atoms with Gasteiger partial charge in [0.15, 0.2) is 0 Å². The van der Waals surface area contributed by atoms with Crippen LogP contribution < -0.4 is 0 Å². The minimum absolute atomic E-state index is 0.371. The number of aliphatic hydroxyl groups is 1. The lowest BCUT2D eigenvalue weighted by atomic mass is 9.59. The van der Waals surface area contributed by atoms with Gasteiger partial charge in [0.2, 0.25) is 0 Å². The van der Waals surface area contributed by atoms with E-state index in [0.717, 1.165) is 17.9 Å². The second-order valence-corrected chi connectivity index (χ2v) is 12.6. The summed E-state index contributed by atoms with van der Waals surface area (Å²) in [6, 6.07) is 0. The molecule has 1 heterocycles. The number of rotatable bonds is 8. The molecule has 3 saturated carbocycles. The van der Waals surface area contributed by atoms with Crippen LogP contribution in [0.3, 0.4) is 0 Å². The van der Waals surface area contributed by atoms with Crippen molar-refractivity contribution < 1.29 is 9.84 Å². The minimum Gasteiger partial charge on any atom is -0.389 e. The predicted molar refractivity (Wildman–Crippen MR) is 133 cm³/mol. The Hall–Kier alpha value is 0.360. The molecule has 3 nitrogen and oxygen atoms in total. The molecule has 0 unspecified atom stereocenters. The summed E-state index contributed by atoms with van der Waals surface area (Å²) in [7, 11) is 0.